The molecular formula is C20H28BNO2. The highest BCUT2D eigenvalue weighted by Crippen LogP contribution is 2.65. The number of likely N-dealkylation sites (N-methyl/N-ethyl adjacent to an activating group) is 1. The zero-order chi connectivity index (χ0) is 16.6. The molecule has 24 heavy (non-hydrogen) atoms. The van der Waals surface area contributed by atoms with Gasteiger partial charge in [-0.25, -0.2) is 0 Å². The molecule has 3 nitrogen and oxygen atoms in total. The zero-order valence-corrected chi connectivity index (χ0v) is 15.3. The molecule has 4 atom stereocenters. The number of hydrogen-bond acceptors (Lipinski definition) is 3. The summed E-state index contributed by atoms with van der Waals surface area (Å²) < 4.78 is 12.6. The molecule has 1 aromatic carbocycles. The van der Waals surface area contributed by atoms with E-state index in [4.69, 9.17) is 9.31 Å². The monoisotopic (exact) mass is 325 g/mol. The summed E-state index contributed by atoms with van der Waals surface area (Å²) in [6, 6.07) is 4.48. The van der Waals surface area contributed by atoms with Gasteiger partial charge in [0.1, 0.15) is 11.5 Å². The maximum absolute atomic E-state index is 6.31. The summed E-state index contributed by atoms with van der Waals surface area (Å²) in [4.78, 5) is 2.38. The predicted octanol–water partition coefficient (Wildman–Crippen LogP) is 4.01. The Kier molecular flexibility index (Phi) is 3.11. The molecular weight excluding hydrogens is 297 g/mol. The van der Waals surface area contributed by atoms with E-state index in [9.17, 15) is 0 Å². The van der Waals surface area contributed by atoms with Crippen molar-refractivity contribution in [2.45, 2.75) is 52.4 Å². The molecule has 0 aromatic heterocycles. The summed E-state index contributed by atoms with van der Waals surface area (Å²) in [5.41, 5.74) is 3.37. The van der Waals surface area contributed by atoms with E-state index in [2.05, 4.69) is 44.9 Å². The molecule has 1 aromatic rings. The van der Waals surface area contributed by atoms with Crippen molar-refractivity contribution in [2.24, 2.45) is 23.2 Å². The molecule has 128 valence electrons. The predicted molar refractivity (Wildman–Crippen MR) is 96.4 cm³/mol. The van der Waals surface area contributed by atoms with Crippen molar-refractivity contribution < 1.29 is 9.31 Å². The minimum atomic E-state index is -0.0713. The molecule has 2 bridgehead atoms. The maximum Gasteiger partial charge on any atom is 0.598 e. The number of nitrogens with zero attached hydrogens (tertiary/aromatic N) is 1. The van der Waals surface area contributed by atoms with Crippen molar-refractivity contribution in [3.8, 4) is 11.5 Å². The van der Waals surface area contributed by atoms with E-state index >= 15 is 0 Å². The van der Waals surface area contributed by atoms with Crippen molar-refractivity contribution in [3.63, 3.8) is 0 Å². The van der Waals surface area contributed by atoms with E-state index in [1.807, 2.05) is 0 Å². The zero-order valence-electron chi connectivity index (χ0n) is 15.3. The standard InChI is InChI=1S/C20H28BNO2/c1-12-16-9-15(20(16,2)3)10-17(12)21-23-18-7-13-5-6-22(4)11-14(13)8-19(18)24-21/h7-8,12,15-17H,5-6,9-11H2,1-4H3/t12-,15+,16-,17-/m0/s1. The third kappa shape index (κ3) is 2.01. The first-order valence-electron chi connectivity index (χ1n) is 9.61. The Morgan fingerprint density at radius 1 is 1.12 bits per heavy atom. The van der Waals surface area contributed by atoms with E-state index in [-0.39, 0.29) is 7.12 Å². The van der Waals surface area contributed by atoms with Crippen LogP contribution in [0.25, 0.3) is 0 Å². The van der Waals surface area contributed by atoms with Gasteiger partial charge in [0.15, 0.2) is 0 Å². The van der Waals surface area contributed by atoms with Crippen molar-refractivity contribution in [2.75, 3.05) is 13.6 Å². The molecule has 0 N–H and O–H groups in total. The van der Waals surface area contributed by atoms with Gasteiger partial charge in [0.05, 0.1) is 0 Å². The summed E-state index contributed by atoms with van der Waals surface area (Å²) in [5, 5.41) is 0. The molecule has 3 aliphatic carbocycles. The first kappa shape index (κ1) is 15.1. The fraction of sp³-hybridized carbons (Fsp3) is 0.700. The smallest absolute Gasteiger partial charge is 0.523 e. The van der Waals surface area contributed by atoms with Gasteiger partial charge in [-0.15, -0.1) is 0 Å². The van der Waals surface area contributed by atoms with Gasteiger partial charge in [-0.3, -0.25) is 0 Å². The molecule has 3 fully saturated rings. The molecule has 2 heterocycles. The first-order valence-corrected chi connectivity index (χ1v) is 9.61. The van der Waals surface area contributed by atoms with Crippen LogP contribution < -0.4 is 9.31 Å². The summed E-state index contributed by atoms with van der Waals surface area (Å²) in [6.45, 7) is 9.48. The molecule has 2 aliphatic heterocycles. The van der Waals surface area contributed by atoms with E-state index < -0.39 is 0 Å². The highest BCUT2D eigenvalue weighted by atomic mass is 16.6. The van der Waals surface area contributed by atoms with Gasteiger partial charge in [0, 0.05) is 18.9 Å². The largest absolute Gasteiger partial charge is 0.598 e. The second-order valence-corrected chi connectivity index (χ2v) is 9.28. The SMILES string of the molecule is C[C@@H]1[C@@H](B2Oc3cc4c(cc3O2)CN(C)CC4)C[C@H]2C[C@@H]1C2(C)C. The average molecular weight is 325 g/mol. The van der Waals surface area contributed by atoms with Crippen LogP contribution in [0.4, 0.5) is 0 Å². The molecule has 3 saturated carbocycles. The van der Waals surface area contributed by atoms with Crippen LogP contribution in [0, 0.1) is 23.2 Å². The third-order valence-corrected chi connectivity index (χ3v) is 7.72. The van der Waals surface area contributed by atoms with Gasteiger partial charge in [0.2, 0.25) is 0 Å². The Bertz CT molecular complexity index is 688. The lowest BCUT2D eigenvalue weighted by atomic mass is 9.39. The summed E-state index contributed by atoms with van der Waals surface area (Å²) in [7, 11) is 2.12. The van der Waals surface area contributed by atoms with Gasteiger partial charge in [-0.1, -0.05) is 20.8 Å². The lowest BCUT2D eigenvalue weighted by molar-refractivity contribution is -0.102. The summed E-state index contributed by atoms with van der Waals surface area (Å²) >= 11 is 0. The molecule has 4 heteroatoms. The Hall–Kier alpha value is -1.16. The topological polar surface area (TPSA) is 21.7 Å². The van der Waals surface area contributed by atoms with Gasteiger partial charge in [-0.05, 0) is 72.7 Å². The van der Waals surface area contributed by atoms with Crippen LogP contribution in [0.15, 0.2) is 12.1 Å². The molecule has 0 unspecified atom stereocenters. The highest BCUT2D eigenvalue weighted by molar-refractivity contribution is 6.49. The average Bonchev–Trinajstić information content (AvgIpc) is 2.94. The molecule has 0 radical (unpaired) electrons. The Morgan fingerprint density at radius 3 is 2.50 bits per heavy atom. The van der Waals surface area contributed by atoms with Crippen molar-refractivity contribution in [1.29, 1.82) is 0 Å². The minimum Gasteiger partial charge on any atom is -0.523 e. The second kappa shape index (κ2) is 4.94. The van der Waals surface area contributed by atoms with Gasteiger partial charge < -0.3 is 14.2 Å². The lowest BCUT2D eigenvalue weighted by Gasteiger charge is -2.61. The number of hydrogen-bond donors (Lipinski definition) is 0. The van der Waals surface area contributed by atoms with Crippen molar-refractivity contribution in [1.82, 2.24) is 4.90 Å². The van der Waals surface area contributed by atoms with Crippen LogP contribution in [0.2, 0.25) is 5.82 Å². The molecule has 0 amide bonds. The first-order chi connectivity index (χ1) is 11.4. The fourth-order valence-corrected chi connectivity index (χ4v) is 5.89. The minimum absolute atomic E-state index is 0.0713. The van der Waals surface area contributed by atoms with Crippen LogP contribution in [-0.4, -0.2) is 25.6 Å². The molecule has 6 rings (SSSR count). The summed E-state index contributed by atoms with van der Waals surface area (Å²) in [6.07, 6.45) is 3.78. The Labute approximate surface area is 145 Å². The number of benzene rings is 1. The summed E-state index contributed by atoms with van der Waals surface area (Å²) in [5.74, 6) is 4.85. The van der Waals surface area contributed by atoms with Crippen LogP contribution in [-0.2, 0) is 13.0 Å². The quantitative estimate of drug-likeness (QED) is 0.728. The molecule has 0 spiro atoms. The van der Waals surface area contributed by atoms with Crippen molar-refractivity contribution in [3.05, 3.63) is 23.3 Å². The molecule has 5 aliphatic rings. The van der Waals surface area contributed by atoms with Gasteiger partial charge >= 0.3 is 7.12 Å². The van der Waals surface area contributed by atoms with E-state index in [0.717, 1.165) is 42.8 Å². The van der Waals surface area contributed by atoms with E-state index in [0.29, 0.717) is 17.2 Å². The second-order valence-electron chi connectivity index (χ2n) is 9.28. The normalized spacial score (nSPS) is 36.2. The third-order valence-electron chi connectivity index (χ3n) is 7.72. The van der Waals surface area contributed by atoms with Crippen LogP contribution in [0.5, 0.6) is 11.5 Å². The molecule has 0 saturated heterocycles. The maximum atomic E-state index is 6.31. The number of fused-ring (bicyclic) bond motifs is 4. The number of rotatable bonds is 1. The van der Waals surface area contributed by atoms with Gasteiger partial charge in [-0.2, -0.15) is 0 Å². The van der Waals surface area contributed by atoms with Crippen LogP contribution >= 0.6 is 0 Å². The Balaban J connectivity index is 1.37. The lowest BCUT2D eigenvalue weighted by Crippen LogP contribution is -2.56. The highest BCUT2D eigenvalue weighted by Gasteiger charge is 2.60. The van der Waals surface area contributed by atoms with E-state index in [1.165, 1.54) is 24.0 Å². The van der Waals surface area contributed by atoms with Gasteiger partial charge in [0.25, 0.3) is 0 Å². The Morgan fingerprint density at radius 2 is 1.83 bits per heavy atom. The fourth-order valence-electron chi connectivity index (χ4n) is 5.89. The van der Waals surface area contributed by atoms with Crippen LogP contribution in [0.3, 0.4) is 0 Å². The van der Waals surface area contributed by atoms with E-state index in [1.54, 1.807) is 0 Å². The van der Waals surface area contributed by atoms with Crippen LogP contribution in [0.1, 0.15) is 44.7 Å². The van der Waals surface area contributed by atoms with Crippen molar-refractivity contribution >= 4 is 7.12 Å².